The van der Waals surface area contributed by atoms with Crippen molar-refractivity contribution in [1.82, 2.24) is 4.98 Å². The SMILES string of the molecule is Cc1csc(NC(=O)COc2ccccc2C=O)n1. The number of benzene rings is 1. The molecular weight excluding hydrogens is 264 g/mol. The number of rotatable bonds is 5. The molecule has 2 rings (SSSR count). The molecule has 6 heteroatoms. The molecule has 0 atom stereocenters. The first-order chi connectivity index (χ1) is 9.19. The third kappa shape index (κ3) is 3.62. The van der Waals surface area contributed by atoms with Gasteiger partial charge < -0.3 is 4.74 Å². The van der Waals surface area contributed by atoms with Crippen LogP contribution in [0.5, 0.6) is 5.75 Å². The highest BCUT2D eigenvalue weighted by Gasteiger charge is 2.08. The predicted molar refractivity (Wildman–Crippen MR) is 72.8 cm³/mol. The van der Waals surface area contributed by atoms with Gasteiger partial charge in [-0.05, 0) is 19.1 Å². The van der Waals surface area contributed by atoms with Crippen molar-refractivity contribution in [2.75, 3.05) is 11.9 Å². The van der Waals surface area contributed by atoms with E-state index in [-0.39, 0.29) is 12.5 Å². The fraction of sp³-hybridized carbons (Fsp3) is 0.154. The summed E-state index contributed by atoms with van der Waals surface area (Å²) in [6.07, 6.45) is 0.692. The lowest BCUT2D eigenvalue weighted by Crippen LogP contribution is -2.20. The van der Waals surface area contributed by atoms with Crippen LogP contribution in [0.1, 0.15) is 16.1 Å². The highest BCUT2D eigenvalue weighted by atomic mass is 32.1. The Morgan fingerprint density at radius 3 is 2.95 bits per heavy atom. The van der Waals surface area contributed by atoms with E-state index in [1.165, 1.54) is 11.3 Å². The van der Waals surface area contributed by atoms with Crippen molar-refractivity contribution in [1.29, 1.82) is 0 Å². The number of para-hydroxylation sites is 1. The van der Waals surface area contributed by atoms with E-state index in [4.69, 9.17) is 4.74 Å². The summed E-state index contributed by atoms with van der Waals surface area (Å²) < 4.78 is 5.30. The number of amides is 1. The molecule has 5 nitrogen and oxygen atoms in total. The van der Waals surface area contributed by atoms with Gasteiger partial charge in [-0.2, -0.15) is 0 Å². The Kier molecular flexibility index (Phi) is 4.25. The highest BCUT2D eigenvalue weighted by Crippen LogP contribution is 2.16. The van der Waals surface area contributed by atoms with Crippen LogP contribution in [0.3, 0.4) is 0 Å². The van der Waals surface area contributed by atoms with Gasteiger partial charge in [0.05, 0.1) is 11.3 Å². The Morgan fingerprint density at radius 1 is 1.47 bits per heavy atom. The van der Waals surface area contributed by atoms with Gasteiger partial charge in [-0.1, -0.05) is 12.1 Å². The number of ether oxygens (including phenoxy) is 1. The summed E-state index contributed by atoms with van der Waals surface area (Å²) in [5.74, 6) is 0.0815. The molecule has 1 aromatic carbocycles. The molecule has 0 saturated heterocycles. The number of aldehydes is 1. The van der Waals surface area contributed by atoms with E-state index in [9.17, 15) is 9.59 Å². The number of hydrogen-bond donors (Lipinski definition) is 1. The molecule has 98 valence electrons. The van der Waals surface area contributed by atoms with Gasteiger partial charge in [0.25, 0.3) is 5.91 Å². The number of carbonyl (C=O) groups is 2. The molecule has 19 heavy (non-hydrogen) atoms. The van der Waals surface area contributed by atoms with Crippen molar-refractivity contribution in [2.24, 2.45) is 0 Å². The Morgan fingerprint density at radius 2 is 2.26 bits per heavy atom. The van der Waals surface area contributed by atoms with Crippen LogP contribution in [0.2, 0.25) is 0 Å². The van der Waals surface area contributed by atoms with Gasteiger partial charge >= 0.3 is 0 Å². The minimum atomic E-state index is -0.310. The van der Waals surface area contributed by atoms with Gasteiger partial charge in [0.1, 0.15) is 5.75 Å². The summed E-state index contributed by atoms with van der Waals surface area (Å²) >= 11 is 1.35. The molecule has 2 aromatic rings. The molecule has 1 heterocycles. The maximum Gasteiger partial charge on any atom is 0.264 e. The zero-order chi connectivity index (χ0) is 13.7. The van der Waals surface area contributed by atoms with Crippen LogP contribution >= 0.6 is 11.3 Å². The van der Waals surface area contributed by atoms with Crippen LogP contribution in [-0.2, 0) is 4.79 Å². The van der Waals surface area contributed by atoms with E-state index in [2.05, 4.69) is 10.3 Å². The van der Waals surface area contributed by atoms with Crippen molar-refractivity contribution in [3.8, 4) is 5.75 Å². The minimum Gasteiger partial charge on any atom is -0.483 e. The summed E-state index contributed by atoms with van der Waals surface area (Å²) in [5.41, 5.74) is 1.27. The second-order valence-electron chi connectivity index (χ2n) is 3.79. The molecule has 1 amide bonds. The van der Waals surface area contributed by atoms with E-state index in [1.807, 2.05) is 12.3 Å². The van der Waals surface area contributed by atoms with Gasteiger partial charge in [-0.3, -0.25) is 14.9 Å². The quantitative estimate of drug-likeness (QED) is 0.851. The summed E-state index contributed by atoms with van der Waals surface area (Å²) in [6.45, 7) is 1.69. The Labute approximate surface area is 114 Å². The summed E-state index contributed by atoms with van der Waals surface area (Å²) in [7, 11) is 0. The molecule has 1 N–H and O–H groups in total. The number of thiazole rings is 1. The third-order valence-electron chi connectivity index (χ3n) is 2.27. The number of hydrogen-bond acceptors (Lipinski definition) is 5. The number of carbonyl (C=O) groups excluding carboxylic acids is 2. The average molecular weight is 276 g/mol. The zero-order valence-electron chi connectivity index (χ0n) is 10.3. The second-order valence-corrected chi connectivity index (χ2v) is 4.64. The molecule has 0 spiro atoms. The summed E-state index contributed by atoms with van der Waals surface area (Å²) in [5, 5.41) is 5.01. The van der Waals surface area contributed by atoms with E-state index in [0.717, 1.165) is 5.69 Å². The minimum absolute atomic E-state index is 0.163. The second kappa shape index (κ2) is 6.10. The Hall–Kier alpha value is -2.21. The number of nitrogens with one attached hydrogen (secondary N) is 1. The molecule has 1 aromatic heterocycles. The van der Waals surface area contributed by atoms with Crippen molar-refractivity contribution in [3.05, 3.63) is 40.9 Å². The number of anilines is 1. The van der Waals surface area contributed by atoms with E-state index in [1.54, 1.807) is 24.3 Å². The normalized spacial score (nSPS) is 9.95. The van der Waals surface area contributed by atoms with Crippen LogP contribution in [0, 0.1) is 6.92 Å². The molecule has 0 aliphatic heterocycles. The fourth-order valence-electron chi connectivity index (χ4n) is 1.42. The Bertz CT molecular complexity index is 595. The van der Waals surface area contributed by atoms with Crippen LogP contribution < -0.4 is 10.1 Å². The van der Waals surface area contributed by atoms with E-state index in [0.29, 0.717) is 22.7 Å². The lowest BCUT2D eigenvalue weighted by molar-refractivity contribution is -0.118. The molecule has 0 radical (unpaired) electrons. The zero-order valence-corrected chi connectivity index (χ0v) is 11.1. The van der Waals surface area contributed by atoms with Crippen molar-refractivity contribution in [3.63, 3.8) is 0 Å². The lowest BCUT2D eigenvalue weighted by atomic mass is 10.2. The number of nitrogens with zero attached hydrogens (tertiary/aromatic N) is 1. The smallest absolute Gasteiger partial charge is 0.264 e. The topological polar surface area (TPSA) is 68.3 Å². The van der Waals surface area contributed by atoms with Crippen molar-refractivity contribution < 1.29 is 14.3 Å². The Balaban J connectivity index is 1.91. The van der Waals surface area contributed by atoms with Gasteiger partial charge in [0, 0.05) is 5.38 Å². The van der Waals surface area contributed by atoms with Crippen LogP contribution in [0.4, 0.5) is 5.13 Å². The van der Waals surface area contributed by atoms with Crippen molar-refractivity contribution >= 4 is 28.7 Å². The molecule has 0 saturated carbocycles. The summed E-state index contributed by atoms with van der Waals surface area (Å²) in [6, 6.07) is 6.74. The van der Waals surface area contributed by atoms with Crippen LogP contribution in [-0.4, -0.2) is 23.8 Å². The van der Waals surface area contributed by atoms with Crippen LogP contribution in [0.15, 0.2) is 29.6 Å². The predicted octanol–water partition coefficient (Wildman–Crippen LogP) is 2.28. The first-order valence-electron chi connectivity index (χ1n) is 5.58. The lowest BCUT2D eigenvalue weighted by Gasteiger charge is -2.07. The average Bonchev–Trinajstić information content (AvgIpc) is 2.82. The molecule has 0 fully saturated rings. The largest absolute Gasteiger partial charge is 0.483 e. The standard InChI is InChI=1S/C13H12N2O3S/c1-9-8-19-13(14-9)15-12(17)7-18-11-5-3-2-4-10(11)6-16/h2-6,8H,7H2,1H3,(H,14,15,17). The van der Waals surface area contributed by atoms with Gasteiger partial charge in [-0.15, -0.1) is 11.3 Å². The molecule has 0 unspecified atom stereocenters. The molecule has 0 aliphatic rings. The van der Waals surface area contributed by atoms with Crippen LogP contribution in [0.25, 0.3) is 0 Å². The summed E-state index contributed by atoms with van der Waals surface area (Å²) in [4.78, 5) is 26.5. The molecule has 0 aliphatic carbocycles. The molecular formula is C13H12N2O3S. The van der Waals surface area contributed by atoms with Crippen molar-refractivity contribution in [2.45, 2.75) is 6.92 Å². The van der Waals surface area contributed by atoms with Gasteiger partial charge in [-0.25, -0.2) is 4.98 Å². The first-order valence-corrected chi connectivity index (χ1v) is 6.46. The van der Waals surface area contributed by atoms with E-state index < -0.39 is 0 Å². The number of aromatic nitrogens is 1. The molecule has 0 bridgehead atoms. The number of aryl methyl sites for hydroxylation is 1. The monoisotopic (exact) mass is 276 g/mol. The maximum atomic E-state index is 11.6. The third-order valence-corrected chi connectivity index (χ3v) is 3.15. The highest BCUT2D eigenvalue weighted by molar-refractivity contribution is 7.13. The van der Waals surface area contributed by atoms with Gasteiger partial charge in [0.2, 0.25) is 0 Å². The van der Waals surface area contributed by atoms with Gasteiger partial charge in [0.15, 0.2) is 18.0 Å². The first kappa shape index (κ1) is 13.2. The fourth-order valence-corrected chi connectivity index (χ4v) is 2.12. The van der Waals surface area contributed by atoms with E-state index >= 15 is 0 Å². The maximum absolute atomic E-state index is 11.6.